The van der Waals surface area contributed by atoms with Crippen molar-refractivity contribution >= 4 is 23.2 Å². The molecule has 148 valence electrons. The molecule has 0 aromatic heterocycles. The number of nitrogens with one attached hydrogen (secondary N) is 1. The van der Waals surface area contributed by atoms with Crippen molar-refractivity contribution in [3.63, 3.8) is 0 Å². The molecule has 0 unspecified atom stereocenters. The van der Waals surface area contributed by atoms with Gasteiger partial charge < -0.3 is 19.9 Å². The largest absolute Gasteiger partial charge is 0.378 e. The number of anilines is 1. The quantitative estimate of drug-likeness (QED) is 0.614. The molecule has 1 heterocycles. The zero-order valence-electron chi connectivity index (χ0n) is 16.2. The number of benzene rings is 1. The second-order valence-corrected chi connectivity index (χ2v) is 7.52. The van der Waals surface area contributed by atoms with Crippen LogP contribution in [-0.4, -0.2) is 67.1 Å². The maximum atomic E-state index is 12.6. The lowest BCUT2D eigenvalue weighted by Gasteiger charge is -2.28. The number of rotatable bonds is 5. The maximum Gasteiger partial charge on any atom is 0.293 e. The number of carbonyl (C=O) groups excluding carboxylic acids is 2. The summed E-state index contributed by atoms with van der Waals surface area (Å²) in [6, 6.07) is 4.41. The molecule has 2 rings (SSSR count). The summed E-state index contributed by atoms with van der Waals surface area (Å²) in [5, 5.41) is 14.3. The molecule has 0 radical (unpaired) electrons. The fourth-order valence-electron chi connectivity index (χ4n) is 2.84. The summed E-state index contributed by atoms with van der Waals surface area (Å²) in [7, 11) is 1.49. The Morgan fingerprint density at radius 2 is 1.93 bits per heavy atom. The van der Waals surface area contributed by atoms with E-state index in [2.05, 4.69) is 5.32 Å². The van der Waals surface area contributed by atoms with Crippen molar-refractivity contribution in [1.82, 2.24) is 10.2 Å². The van der Waals surface area contributed by atoms with Gasteiger partial charge >= 0.3 is 0 Å². The van der Waals surface area contributed by atoms with Gasteiger partial charge in [0.1, 0.15) is 5.69 Å². The average molecular weight is 378 g/mol. The molecule has 9 heteroatoms. The number of ether oxygens (including phenoxy) is 1. The van der Waals surface area contributed by atoms with Gasteiger partial charge in [0.05, 0.1) is 24.7 Å². The van der Waals surface area contributed by atoms with E-state index >= 15 is 0 Å². The Hall–Kier alpha value is -2.68. The Bertz CT molecular complexity index is 723. The van der Waals surface area contributed by atoms with Crippen molar-refractivity contribution < 1.29 is 19.2 Å². The van der Waals surface area contributed by atoms with Gasteiger partial charge in [-0.05, 0) is 32.9 Å². The molecule has 1 N–H and O–H groups in total. The van der Waals surface area contributed by atoms with Gasteiger partial charge in [0.25, 0.3) is 11.6 Å². The van der Waals surface area contributed by atoms with E-state index in [-0.39, 0.29) is 23.7 Å². The second kappa shape index (κ2) is 8.34. The smallest absolute Gasteiger partial charge is 0.293 e. The zero-order valence-corrected chi connectivity index (χ0v) is 16.2. The fourth-order valence-corrected chi connectivity index (χ4v) is 2.84. The molecule has 0 bridgehead atoms. The Labute approximate surface area is 158 Å². The molecule has 1 aliphatic rings. The molecule has 0 aliphatic carbocycles. The number of carbonyl (C=O) groups is 2. The first-order valence-electron chi connectivity index (χ1n) is 8.76. The van der Waals surface area contributed by atoms with Gasteiger partial charge in [-0.25, -0.2) is 0 Å². The first-order valence-corrected chi connectivity index (χ1v) is 8.76. The van der Waals surface area contributed by atoms with E-state index in [0.29, 0.717) is 32.0 Å². The minimum absolute atomic E-state index is 0.129. The highest BCUT2D eigenvalue weighted by molar-refractivity contribution is 5.97. The molecule has 1 aliphatic heterocycles. The number of likely N-dealkylation sites (N-methyl/N-ethyl adjacent to an activating group) is 1. The lowest BCUT2D eigenvalue weighted by Crippen LogP contribution is -2.46. The van der Waals surface area contributed by atoms with Gasteiger partial charge in [-0.15, -0.1) is 0 Å². The summed E-state index contributed by atoms with van der Waals surface area (Å²) in [4.78, 5) is 38.7. The van der Waals surface area contributed by atoms with Gasteiger partial charge in [0, 0.05) is 37.3 Å². The van der Waals surface area contributed by atoms with Crippen molar-refractivity contribution in [3.8, 4) is 0 Å². The van der Waals surface area contributed by atoms with Gasteiger partial charge in [0.15, 0.2) is 0 Å². The van der Waals surface area contributed by atoms with Crippen molar-refractivity contribution in [1.29, 1.82) is 0 Å². The van der Waals surface area contributed by atoms with Crippen molar-refractivity contribution in [2.75, 3.05) is 44.8 Å². The summed E-state index contributed by atoms with van der Waals surface area (Å²) >= 11 is 0. The fraction of sp³-hybridized carbons (Fsp3) is 0.556. The highest BCUT2D eigenvalue weighted by Crippen LogP contribution is 2.30. The minimum atomic E-state index is -0.492. The molecule has 2 amide bonds. The van der Waals surface area contributed by atoms with Crippen LogP contribution in [0, 0.1) is 10.1 Å². The monoisotopic (exact) mass is 378 g/mol. The minimum Gasteiger partial charge on any atom is -0.378 e. The molecule has 0 spiro atoms. The van der Waals surface area contributed by atoms with Crippen LogP contribution in [0.15, 0.2) is 18.2 Å². The molecule has 1 saturated heterocycles. The zero-order chi connectivity index (χ0) is 20.2. The van der Waals surface area contributed by atoms with Crippen molar-refractivity contribution in [2.45, 2.75) is 26.3 Å². The second-order valence-electron chi connectivity index (χ2n) is 7.52. The van der Waals surface area contributed by atoms with Crippen LogP contribution in [0.25, 0.3) is 0 Å². The Kier molecular flexibility index (Phi) is 6.37. The van der Waals surface area contributed by atoms with Gasteiger partial charge in [-0.2, -0.15) is 0 Å². The topological polar surface area (TPSA) is 105 Å². The van der Waals surface area contributed by atoms with Crippen LogP contribution >= 0.6 is 0 Å². The SMILES string of the molecule is CN(CC(=O)NC(C)(C)C)C(=O)c1ccc(N2CCOCC2)c([N+](=O)[O-])c1. The van der Waals surface area contributed by atoms with Crippen molar-refractivity contribution in [3.05, 3.63) is 33.9 Å². The lowest BCUT2D eigenvalue weighted by atomic mass is 10.1. The van der Waals surface area contributed by atoms with Crippen molar-refractivity contribution in [2.24, 2.45) is 0 Å². The normalized spacial score (nSPS) is 14.6. The van der Waals surface area contributed by atoms with E-state index in [9.17, 15) is 19.7 Å². The van der Waals surface area contributed by atoms with E-state index in [4.69, 9.17) is 4.74 Å². The van der Waals surface area contributed by atoms with Crippen LogP contribution in [-0.2, 0) is 9.53 Å². The summed E-state index contributed by atoms with van der Waals surface area (Å²) in [6.45, 7) is 7.53. The number of nitro benzene ring substituents is 1. The predicted octanol–water partition coefficient (Wildman–Crippen LogP) is 1.42. The van der Waals surface area contributed by atoms with E-state index < -0.39 is 16.4 Å². The van der Waals surface area contributed by atoms with Crippen LogP contribution < -0.4 is 10.2 Å². The summed E-state index contributed by atoms with van der Waals surface area (Å²) in [5.74, 6) is -0.742. The molecule has 9 nitrogen and oxygen atoms in total. The lowest BCUT2D eigenvalue weighted by molar-refractivity contribution is -0.384. The van der Waals surface area contributed by atoms with Gasteiger partial charge in [-0.3, -0.25) is 19.7 Å². The van der Waals surface area contributed by atoms with Crippen LogP contribution in [0.3, 0.4) is 0 Å². The predicted molar refractivity (Wildman–Crippen MR) is 101 cm³/mol. The number of morpholine rings is 1. The highest BCUT2D eigenvalue weighted by atomic mass is 16.6. The van der Waals surface area contributed by atoms with Gasteiger partial charge in [0.2, 0.25) is 5.91 Å². The van der Waals surface area contributed by atoms with Crippen LogP contribution in [0.2, 0.25) is 0 Å². The van der Waals surface area contributed by atoms with E-state index in [1.54, 1.807) is 12.1 Å². The maximum absolute atomic E-state index is 12.6. The molecule has 0 saturated carbocycles. The third-order valence-corrected chi connectivity index (χ3v) is 4.01. The molecule has 0 atom stereocenters. The number of hydrogen-bond acceptors (Lipinski definition) is 6. The summed E-state index contributed by atoms with van der Waals surface area (Å²) < 4.78 is 5.28. The number of nitro groups is 1. The van der Waals surface area contributed by atoms with Gasteiger partial charge in [-0.1, -0.05) is 0 Å². The third kappa shape index (κ3) is 5.65. The standard InChI is InChI=1S/C18H26N4O5/c1-18(2,3)19-16(23)12-20(4)17(24)13-5-6-14(15(11-13)22(25)26)21-7-9-27-10-8-21/h5-6,11H,7-10,12H2,1-4H3,(H,19,23). The first kappa shape index (κ1) is 20.6. The summed E-state index contributed by atoms with van der Waals surface area (Å²) in [6.07, 6.45) is 0. The molecule has 1 aromatic rings. The number of nitrogens with zero attached hydrogens (tertiary/aromatic N) is 3. The Morgan fingerprint density at radius 1 is 1.30 bits per heavy atom. The third-order valence-electron chi connectivity index (χ3n) is 4.01. The van der Waals surface area contributed by atoms with Crippen LogP contribution in [0.5, 0.6) is 0 Å². The van der Waals surface area contributed by atoms with E-state index in [0.717, 1.165) is 0 Å². The van der Waals surface area contributed by atoms with E-state index in [1.807, 2.05) is 25.7 Å². The molecule has 27 heavy (non-hydrogen) atoms. The molecule has 1 aromatic carbocycles. The average Bonchev–Trinajstić information content (AvgIpc) is 2.59. The number of amides is 2. The molecule has 1 fully saturated rings. The number of hydrogen-bond donors (Lipinski definition) is 1. The Balaban J connectivity index is 2.17. The van der Waals surface area contributed by atoms with Crippen LogP contribution in [0.1, 0.15) is 31.1 Å². The first-order chi connectivity index (χ1) is 12.6. The Morgan fingerprint density at radius 3 is 2.48 bits per heavy atom. The summed E-state index contributed by atoms with van der Waals surface area (Å²) in [5.41, 5.74) is 0.104. The van der Waals surface area contributed by atoms with Crippen LogP contribution in [0.4, 0.5) is 11.4 Å². The highest BCUT2D eigenvalue weighted by Gasteiger charge is 2.25. The molecular formula is C18H26N4O5. The molecular weight excluding hydrogens is 352 g/mol. The van der Waals surface area contributed by atoms with E-state index in [1.165, 1.54) is 18.0 Å².